The fourth-order valence-electron chi connectivity index (χ4n) is 2.87. The summed E-state index contributed by atoms with van der Waals surface area (Å²) in [7, 11) is 1.94. The molecule has 1 unspecified atom stereocenters. The van der Waals surface area contributed by atoms with Crippen LogP contribution in [0.4, 0.5) is 5.69 Å². The van der Waals surface area contributed by atoms with Crippen LogP contribution in [0.25, 0.3) is 0 Å². The molecule has 1 aliphatic heterocycles. The highest BCUT2D eigenvalue weighted by Crippen LogP contribution is 2.39. The van der Waals surface area contributed by atoms with Gasteiger partial charge >= 0.3 is 0 Å². The first-order chi connectivity index (χ1) is 8.87. The van der Waals surface area contributed by atoms with E-state index >= 15 is 0 Å². The average Bonchev–Trinajstić information content (AvgIpc) is 2.54. The van der Waals surface area contributed by atoms with Gasteiger partial charge < -0.3 is 10.2 Å². The number of hydrogen-bond acceptors (Lipinski definition) is 2. The van der Waals surface area contributed by atoms with Crippen LogP contribution in [0, 0.1) is 12.8 Å². The van der Waals surface area contributed by atoms with Gasteiger partial charge in [-0.3, -0.25) is 4.79 Å². The number of benzene rings is 1. The van der Waals surface area contributed by atoms with Crippen molar-refractivity contribution in [2.24, 2.45) is 5.92 Å². The van der Waals surface area contributed by atoms with Crippen LogP contribution in [-0.2, 0) is 4.79 Å². The summed E-state index contributed by atoms with van der Waals surface area (Å²) in [6, 6.07) is 6.10. The van der Waals surface area contributed by atoms with Crippen molar-refractivity contribution >= 4 is 27.5 Å². The summed E-state index contributed by atoms with van der Waals surface area (Å²) in [5, 5.41) is 3.19. The normalized spacial score (nSPS) is 22.1. The van der Waals surface area contributed by atoms with Crippen molar-refractivity contribution < 1.29 is 4.79 Å². The molecule has 104 valence electrons. The van der Waals surface area contributed by atoms with Crippen molar-refractivity contribution in [2.45, 2.75) is 32.7 Å². The first kappa shape index (κ1) is 14.5. The molecule has 1 N–H and O–H groups in total. The van der Waals surface area contributed by atoms with E-state index in [1.165, 1.54) is 0 Å². The maximum absolute atomic E-state index is 12.4. The van der Waals surface area contributed by atoms with Gasteiger partial charge in [-0.05, 0) is 51.6 Å². The zero-order chi connectivity index (χ0) is 14.2. The summed E-state index contributed by atoms with van der Waals surface area (Å²) in [5.41, 5.74) is 1.99. The van der Waals surface area contributed by atoms with E-state index in [9.17, 15) is 4.79 Å². The third kappa shape index (κ3) is 2.56. The number of nitrogens with one attached hydrogen (secondary N) is 1. The molecule has 19 heavy (non-hydrogen) atoms. The molecular formula is C15H21BrN2O. The molecule has 0 radical (unpaired) electrons. The van der Waals surface area contributed by atoms with E-state index < -0.39 is 0 Å². The summed E-state index contributed by atoms with van der Waals surface area (Å²) < 4.78 is 1.08. The number of aryl methyl sites for hydroxylation is 1. The molecule has 2 rings (SSSR count). The highest BCUT2D eigenvalue weighted by molar-refractivity contribution is 9.10. The lowest BCUT2D eigenvalue weighted by Gasteiger charge is -2.36. The van der Waals surface area contributed by atoms with Gasteiger partial charge in [0.2, 0.25) is 5.91 Å². The number of hydrogen-bond donors (Lipinski definition) is 1. The number of carbonyl (C=O) groups is 1. The van der Waals surface area contributed by atoms with Crippen LogP contribution in [0.5, 0.6) is 0 Å². The molecule has 0 aromatic heterocycles. The number of amides is 1. The molecule has 0 spiro atoms. The van der Waals surface area contributed by atoms with Gasteiger partial charge in [-0.25, -0.2) is 0 Å². The maximum atomic E-state index is 12.4. The van der Waals surface area contributed by atoms with Gasteiger partial charge in [-0.2, -0.15) is 0 Å². The predicted octanol–water partition coefficient (Wildman–Crippen LogP) is 3.11. The third-order valence-electron chi connectivity index (χ3n) is 4.10. The molecule has 1 saturated heterocycles. The average molecular weight is 325 g/mol. The number of nitrogens with zero attached hydrogens (tertiary/aromatic N) is 1. The Labute approximate surface area is 123 Å². The fraction of sp³-hybridized carbons (Fsp3) is 0.533. The van der Waals surface area contributed by atoms with Crippen LogP contribution in [0.2, 0.25) is 0 Å². The smallest absolute Gasteiger partial charge is 0.227 e. The molecule has 1 fully saturated rings. The molecule has 1 atom stereocenters. The number of carbonyl (C=O) groups excluding carboxylic acids is 1. The van der Waals surface area contributed by atoms with Crippen molar-refractivity contribution in [3.05, 3.63) is 28.2 Å². The Morgan fingerprint density at radius 2 is 2.16 bits per heavy atom. The van der Waals surface area contributed by atoms with Crippen molar-refractivity contribution in [1.29, 1.82) is 0 Å². The molecule has 0 bridgehead atoms. The van der Waals surface area contributed by atoms with Crippen LogP contribution in [0.1, 0.15) is 25.8 Å². The molecule has 3 nitrogen and oxygen atoms in total. The SMILES string of the molecule is CNCC1CC(=O)N(c2ccc(Br)c(C)c2)C1(C)C. The molecule has 1 aromatic rings. The molecule has 1 aromatic carbocycles. The van der Waals surface area contributed by atoms with Crippen molar-refractivity contribution in [3.63, 3.8) is 0 Å². The summed E-state index contributed by atoms with van der Waals surface area (Å²) in [6.07, 6.45) is 0.614. The monoisotopic (exact) mass is 324 g/mol. The van der Waals surface area contributed by atoms with E-state index in [4.69, 9.17) is 0 Å². The van der Waals surface area contributed by atoms with E-state index in [0.717, 1.165) is 22.3 Å². The van der Waals surface area contributed by atoms with Crippen LogP contribution in [0.3, 0.4) is 0 Å². The summed E-state index contributed by atoms with van der Waals surface area (Å²) >= 11 is 3.50. The van der Waals surface area contributed by atoms with E-state index in [1.54, 1.807) is 0 Å². The molecule has 1 amide bonds. The van der Waals surface area contributed by atoms with Gasteiger partial charge in [0.15, 0.2) is 0 Å². The Kier molecular flexibility index (Phi) is 4.02. The fourth-order valence-corrected chi connectivity index (χ4v) is 3.12. The van der Waals surface area contributed by atoms with E-state index in [1.807, 2.05) is 31.0 Å². The zero-order valence-electron chi connectivity index (χ0n) is 12.0. The minimum atomic E-state index is -0.152. The lowest BCUT2D eigenvalue weighted by Crippen LogP contribution is -2.46. The molecule has 4 heteroatoms. The minimum absolute atomic E-state index is 0.152. The molecule has 0 aliphatic carbocycles. The van der Waals surface area contributed by atoms with Crippen molar-refractivity contribution in [2.75, 3.05) is 18.5 Å². The van der Waals surface area contributed by atoms with Gasteiger partial charge in [0.05, 0.1) is 0 Å². The van der Waals surface area contributed by atoms with E-state index in [0.29, 0.717) is 12.3 Å². The zero-order valence-corrected chi connectivity index (χ0v) is 13.5. The summed E-state index contributed by atoms with van der Waals surface area (Å²) in [5.74, 6) is 0.556. The highest BCUT2D eigenvalue weighted by Gasteiger charge is 2.46. The largest absolute Gasteiger partial charge is 0.319 e. The lowest BCUT2D eigenvalue weighted by molar-refractivity contribution is -0.117. The second-order valence-electron chi connectivity index (χ2n) is 5.78. The standard InChI is InChI=1S/C15H21BrN2O/c1-10-7-12(5-6-13(10)16)18-14(19)8-11(9-17-4)15(18,2)3/h5-7,11,17H,8-9H2,1-4H3. The third-order valence-corrected chi connectivity index (χ3v) is 4.99. The highest BCUT2D eigenvalue weighted by atomic mass is 79.9. The molecule has 0 saturated carbocycles. The Bertz CT molecular complexity index is 499. The van der Waals surface area contributed by atoms with Gasteiger partial charge in [-0.15, -0.1) is 0 Å². The Balaban J connectivity index is 2.37. The Morgan fingerprint density at radius 3 is 2.74 bits per heavy atom. The van der Waals surface area contributed by atoms with Gasteiger partial charge in [-0.1, -0.05) is 15.9 Å². The number of rotatable bonds is 3. The molecule has 1 heterocycles. The van der Waals surface area contributed by atoms with E-state index in [2.05, 4.69) is 41.2 Å². The lowest BCUT2D eigenvalue weighted by atomic mass is 9.88. The first-order valence-electron chi connectivity index (χ1n) is 6.61. The van der Waals surface area contributed by atoms with Gasteiger partial charge in [0.25, 0.3) is 0 Å². The number of halogens is 1. The Morgan fingerprint density at radius 1 is 1.47 bits per heavy atom. The quantitative estimate of drug-likeness (QED) is 0.926. The second-order valence-corrected chi connectivity index (χ2v) is 6.63. The van der Waals surface area contributed by atoms with Crippen LogP contribution < -0.4 is 10.2 Å². The van der Waals surface area contributed by atoms with Crippen molar-refractivity contribution in [3.8, 4) is 0 Å². The maximum Gasteiger partial charge on any atom is 0.227 e. The molecule has 1 aliphatic rings. The van der Waals surface area contributed by atoms with Crippen LogP contribution in [-0.4, -0.2) is 25.0 Å². The Hall–Kier alpha value is -0.870. The predicted molar refractivity (Wildman–Crippen MR) is 82.5 cm³/mol. The van der Waals surface area contributed by atoms with E-state index in [-0.39, 0.29) is 11.4 Å². The number of anilines is 1. The second kappa shape index (κ2) is 5.25. The topological polar surface area (TPSA) is 32.3 Å². The molecular weight excluding hydrogens is 304 g/mol. The summed E-state index contributed by atoms with van der Waals surface area (Å²) in [6.45, 7) is 7.21. The van der Waals surface area contributed by atoms with Gasteiger partial charge in [0, 0.05) is 34.6 Å². The summed E-state index contributed by atoms with van der Waals surface area (Å²) in [4.78, 5) is 14.3. The van der Waals surface area contributed by atoms with Crippen molar-refractivity contribution in [1.82, 2.24) is 5.32 Å². The first-order valence-corrected chi connectivity index (χ1v) is 7.41. The minimum Gasteiger partial charge on any atom is -0.319 e. The van der Waals surface area contributed by atoms with Crippen LogP contribution in [0.15, 0.2) is 22.7 Å². The van der Waals surface area contributed by atoms with Crippen LogP contribution >= 0.6 is 15.9 Å². The van der Waals surface area contributed by atoms with Gasteiger partial charge in [0.1, 0.15) is 0 Å².